The number of anilines is 1. The number of hydrogen-bond acceptors (Lipinski definition) is 4. The largest absolute Gasteiger partial charge is 0.325 e. The fourth-order valence-corrected chi connectivity index (χ4v) is 3.67. The minimum absolute atomic E-state index is 0.323. The van der Waals surface area contributed by atoms with Crippen molar-refractivity contribution in [1.82, 2.24) is 10.2 Å². The predicted octanol–water partition coefficient (Wildman–Crippen LogP) is 3.28. The molecule has 3 rings (SSSR count). The Labute approximate surface area is 156 Å². The van der Waals surface area contributed by atoms with Crippen LogP contribution in [0.4, 0.5) is 10.5 Å². The van der Waals surface area contributed by atoms with Gasteiger partial charge in [-0.3, -0.25) is 14.5 Å². The third-order valence-corrected chi connectivity index (χ3v) is 5.20. The van der Waals surface area contributed by atoms with Gasteiger partial charge in [-0.05, 0) is 52.9 Å². The lowest BCUT2D eigenvalue weighted by atomic mass is 9.95. The molecule has 2 heterocycles. The number of carbonyl (C=O) groups excluding carboxylic acids is 3. The summed E-state index contributed by atoms with van der Waals surface area (Å²) < 4.78 is 0. The molecule has 1 aliphatic heterocycles. The van der Waals surface area contributed by atoms with E-state index < -0.39 is 23.4 Å². The standard InChI is InChI=1S/C19H21N3O3S/c1-12(2)13-5-4-6-15(9-13)20-16(23)10-22-17(24)19(3,21-18(22)25)14-7-8-26-11-14/h4-9,11-12H,10H2,1-3H3,(H,20,23)(H,21,25)/t19-/m1/s1. The van der Waals surface area contributed by atoms with Gasteiger partial charge in [-0.1, -0.05) is 26.0 Å². The molecule has 1 saturated heterocycles. The van der Waals surface area contributed by atoms with Crippen molar-refractivity contribution in [3.63, 3.8) is 0 Å². The average Bonchev–Trinajstić information content (AvgIpc) is 3.20. The lowest BCUT2D eigenvalue weighted by Gasteiger charge is -2.20. The number of rotatable bonds is 5. The molecule has 0 saturated carbocycles. The van der Waals surface area contributed by atoms with E-state index in [1.54, 1.807) is 19.1 Å². The molecule has 2 aromatic rings. The molecule has 136 valence electrons. The molecular weight excluding hydrogens is 350 g/mol. The van der Waals surface area contributed by atoms with Crippen LogP contribution in [0.5, 0.6) is 0 Å². The van der Waals surface area contributed by atoms with Crippen molar-refractivity contribution in [2.45, 2.75) is 32.2 Å². The maximum absolute atomic E-state index is 12.7. The van der Waals surface area contributed by atoms with E-state index in [1.807, 2.05) is 29.0 Å². The molecule has 0 unspecified atom stereocenters. The topological polar surface area (TPSA) is 78.5 Å². The first-order valence-corrected chi connectivity index (χ1v) is 9.32. The predicted molar refractivity (Wildman–Crippen MR) is 101 cm³/mol. The van der Waals surface area contributed by atoms with Crippen LogP contribution in [0, 0.1) is 0 Å². The normalized spacial score (nSPS) is 19.8. The molecule has 6 nitrogen and oxygen atoms in total. The summed E-state index contributed by atoms with van der Waals surface area (Å²) in [6, 6.07) is 8.77. The van der Waals surface area contributed by atoms with E-state index in [-0.39, 0.29) is 6.54 Å². The van der Waals surface area contributed by atoms with Crippen LogP contribution in [0.15, 0.2) is 41.1 Å². The highest BCUT2D eigenvalue weighted by Gasteiger charge is 2.49. The number of carbonyl (C=O) groups is 3. The first kappa shape index (κ1) is 18.1. The van der Waals surface area contributed by atoms with Gasteiger partial charge >= 0.3 is 6.03 Å². The highest BCUT2D eigenvalue weighted by atomic mass is 32.1. The fraction of sp³-hybridized carbons (Fsp3) is 0.316. The number of urea groups is 1. The molecule has 1 aromatic carbocycles. The Hall–Kier alpha value is -2.67. The van der Waals surface area contributed by atoms with E-state index in [1.165, 1.54) is 11.3 Å². The van der Waals surface area contributed by atoms with E-state index in [9.17, 15) is 14.4 Å². The average molecular weight is 371 g/mol. The minimum Gasteiger partial charge on any atom is -0.325 e. The van der Waals surface area contributed by atoms with Crippen molar-refractivity contribution in [1.29, 1.82) is 0 Å². The number of amides is 4. The first-order valence-electron chi connectivity index (χ1n) is 8.38. The smallest absolute Gasteiger partial charge is 0.325 e. The van der Waals surface area contributed by atoms with Gasteiger partial charge < -0.3 is 10.6 Å². The van der Waals surface area contributed by atoms with Crippen LogP contribution in [0.3, 0.4) is 0 Å². The summed E-state index contributed by atoms with van der Waals surface area (Å²) in [7, 11) is 0. The van der Waals surface area contributed by atoms with Crippen molar-refractivity contribution in [3.8, 4) is 0 Å². The highest BCUT2D eigenvalue weighted by Crippen LogP contribution is 2.30. The lowest BCUT2D eigenvalue weighted by molar-refractivity contribution is -0.133. The van der Waals surface area contributed by atoms with Crippen molar-refractivity contribution in [2.75, 3.05) is 11.9 Å². The molecule has 1 atom stereocenters. The number of imide groups is 1. The van der Waals surface area contributed by atoms with Gasteiger partial charge in [0.2, 0.25) is 5.91 Å². The molecule has 1 aromatic heterocycles. The second-order valence-corrected chi connectivity index (χ2v) is 7.57. The molecule has 0 aliphatic carbocycles. The van der Waals surface area contributed by atoms with Gasteiger partial charge in [0.1, 0.15) is 12.1 Å². The first-order chi connectivity index (χ1) is 12.3. The molecular formula is C19H21N3O3S. The molecule has 0 radical (unpaired) electrons. The summed E-state index contributed by atoms with van der Waals surface area (Å²) in [5.41, 5.74) is 1.33. The van der Waals surface area contributed by atoms with Crippen LogP contribution in [0.25, 0.3) is 0 Å². The second kappa shape index (κ2) is 6.92. The van der Waals surface area contributed by atoms with E-state index in [0.717, 1.165) is 10.5 Å². The van der Waals surface area contributed by atoms with Gasteiger partial charge in [-0.2, -0.15) is 11.3 Å². The summed E-state index contributed by atoms with van der Waals surface area (Å²) in [5.74, 6) is -0.500. The van der Waals surface area contributed by atoms with Crippen LogP contribution < -0.4 is 10.6 Å². The quantitative estimate of drug-likeness (QED) is 0.792. The number of hydrogen-bond donors (Lipinski definition) is 2. The summed E-state index contributed by atoms with van der Waals surface area (Å²) in [6.07, 6.45) is 0. The van der Waals surface area contributed by atoms with Gasteiger partial charge in [-0.25, -0.2) is 4.79 Å². The molecule has 26 heavy (non-hydrogen) atoms. The number of thiophene rings is 1. The number of nitrogens with zero attached hydrogens (tertiary/aromatic N) is 1. The molecule has 2 N–H and O–H groups in total. The highest BCUT2D eigenvalue weighted by molar-refractivity contribution is 7.08. The molecule has 0 spiro atoms. The molecule has 4 amide bonds. The van der Waals surface area contributed by atoms with Crippen LogP contribution >= 0.6 is 11.3 Å². The van der Waals surface area contributed by atoms with E-state index >= 15 is 0 Å². The van der Waals surface area contributed by atoms with Crippen LogP contribution in [-0.2, 0) is 15.1 Å². The zero-order valence-electron chi connectivity index (χ0n) is 14.9. The molecule has 7 heteroatoms. The van der Waals surface area contributed by atoms with E-state index in [0.29, 0.717) is 17.2 Å². The molecule has 1 fully saturated rings. The Bertz CT molecular complexity index is 847. The zero-order valence-corrected chi connectivity index (χ0v) is 15.7. The van der Waals surface area contributed by atoms with Crippen molar-refractivity contribution >= 4 is 34.9 Å². The summed E-state index contributed by atoms with van der Waals surface area (Å²) in [6.45, 7) is 5.47. The third-order valence-electron chi connectivity index (χ3n) is 4.51. The van der Waals surface area contributed by atoms with Gasteiger partial charge in [0, 0.05) is 5.69 Å². The molecule has 0 bridgehead atoms. The van der Waals surface area contributed by atoms with Crippen molar-refractivity contribution in [3.05, 3.63) is 52.2 Å². The Morgan fingerprint density at radius 2 is 2.08 bits per heavy atom. The third kappa shape index (κ3) is 3.35. The van der Waals surface area contributed by atoms with Gasteiger partial charge in [0.25, 0.3) is 5.91 Å². The van der Waals surface area contributed by atoms with E-state index in [2.05, 4.69) is 24.5 Å². The van der Waals surface area contributed by atoms with E-state index in [4.69, 9.17) is 0 Å². The Balaban J connectivity index is 1.71. The maximum atomic E-state index is 12.7. The van der Waals surface area contributed by atoms with Crippen molar-refractivity contribution in [2.24, 2.45) is 0 Å². The lowest BCUT2D eigenvalue weighted by Crippen LogP contribution is -2.41. The second-order valence-electron chi connectivity index (χ2n) is 6.79. The van der Waals surface area contributed by atoms with Gasteiger partial charge in [-0.15, -0.1) is 0 Å². The molecule has 1 aliphatic rings. The Morgan fingerprint density at radius 3 is 2.73 bits per heavy atom. The minimum atomic E-state index is -1.13. The number of benzene rings is 1. The van der Waals surface area contributed by atoms with Crippen LogP contribution in [0.2, 0.25) is 0 Å². The fourth-order valence-electron chi connectivity index (χ4n) is 2.90. The zero-order chi connectivity index (χ0) is 18.9. The Morgan fingerprint density at radius 1 is 1.31 bits per heavy atom. The summed E-state index contributed by atoms with van der Waals surface area (Å²) in [4.78, 5) is 38.3. The number of nitrogens with one attached hydrogen (secondary N) is 2. The van der Waals surface area contributed by atoms with Crippen molar-refractivity contribution < 1.29 is 14.4 Å². The summed E-state index contributed by atoms with van der Waals surface area (Å²) >= 11 is 1.45. The Kier molecular flexibility index (Phi) is 4.82. The van der Waals surface area contributed by atoms with Crippen LogP contribution in [0.1, 0.15) is 37.8 Å². The van der Waals surface area contributed by atoms with Gasteiger partial charge in [0.05, 0.1) is 0 Å². The summed E-state index contributed by atoms with van der Waals surface area (Å²) in [5, 5.41) is 9.11. The van der Waals surface area contributed by atoms with Gasteiger partial charge in [0.15, 0.2) is 0 Å². The SMILES string of the molecule is CC(C)c1cccc(NC(=O)CN2C(=O)N[C@](C)(c3ccsc3)C2=O)c1. The maximum Gasteiger partial charge on any atom is 0.325 e. The van der Waals surface area contributed by atoms with Crippen LogP contribution in [-0.4, -0.2) is 29.3 Å². The monoisotopic (exact) mass is 371 g/mol.